The second-order valence-electron chi connectivity index (χ2n) is 5.60. The maximum Gasteiger partial charge on any atom is 0.241 e. The number of rotatable bonds is 7. The van der Waals surface area contributed by atoms with Gasteiger partial charge in [0.15, 0.2) is 0 Å². The lowest BCUT2D eigenvalue weighted by Crippen LogP contribution is -2.53. The Morgan fingerprint density at radius 1 is 1.27 bits per heavy atom. The fourth-order valence-electron chi connectivity index (χ4n) is 2.36. The monoisotopic (exact) mass is 337 g/mol. The number of methoxy groups -OCH3 is 1. The molecule has 1 fully saturated rings. The van der Waals surface area contributed by atoms with Gasteiger partial charge < -0.3 is 25.0 Å². The SMILES string of the molecule is COCCN(CC(=O)N(C)C)C(=O)C1(CN)CCOCC1.Cl. The molecule has 0 aromatic rings. The van der Waals surface area contributed by atoms with Crippen LogP contribution in [0.4, 0.5) is 0 Å². The normalized spacial score (nSPS) is 16.5. The molecule has 0 saturated carbocycles. The minimum atomic E-state index is -0.613. The molecule has 8 heteroatoms. The van der Waals surface area contributed by atoms with Gasteiger partial charge in [-0.2, -0.15) is 0 Å². The van der Waals surface area contributed by atoms with E-state index in [0.29, 0.717) is 39.2 Å². The molecule has 1 rings (SSSR count). The highest BCUT2D eigenvalue weighted by atomic mass is 35.5. The number of amides is 2. The Balaban J connectivity index is 0.00000441. The number of carbonyl (C=O) groups excluding carboxylic acids is 2. The summed E-state index contributed by atoms with van der Waals surface area (Å²) in [5.41, 5.74) is 5.25. The number of hydrogen-bond acceptors (Lipinski definition) is 5. The van der Waals surface area contributed by atoms with Gasteiger partial charge in [0.25, 0.3) is 0 Å². The highest BCUT2D eigenvalue weighted by molar-refractivity contribution is 5.88. The summed E-state index contributed by atoms with van der Waals surface area (Å²) in [6.45, 7) is 2.17. The Bertz CT molecular complexity index is 360. The average Bonchev–Trinajstić information content (AvgIpc) is 2.50. The van der Waals surface area contributed by atoms with Gasteiger partial charge >= 0.3 is 0 Å². The molecule has 0 spiro atoms. The number of carbonyl (C=O) groups is 2. The molecule has 0 atom stereocenters. The van der Waals surface area contributed by atoms with E-state index in [1.165, 1.54) is 4.90 Å². The van der Waals surface area contributed by atoms with Gasteiger partial charge in [-0.1, -0.05) is 0 Å². The summed E-state index contributed by atoms with van der Waals surface area (Å²) in [5.74, 6) is -0.181. The number of nitrogens with two attached hydrogens (primary N) is 1. The molecule has 7 nitrogen and oxygen atoms in total. The number of likely N-dealkylation sites (N-methyl/N-ethyl adjacent to an activating group) is 1. The maximum atomic E-state index is 12.9. The smallest absolute Gasteiger partial charge is 0.241 e. The van der Waals surface area contributed by atoms with Gasteiger partial charge in [-0.05, 0) is 12.8 Å². The van der Waals surface area contributed by atoms with Crippen LogP contribution in [0.2, 0.25) is 0 Å². The van der Waals surface area contributed by atoms with Crippen LogP contribution in [0.5, 0.6) is 0 Å². The van der Waals surface area contributed by atoms with Crippen molar-refractivity contribution < 1.29 is 19.1 Å². The molecule has 2 amide bonds. The quantitative estimate of drug-likeness (QED) is 0.691. The van der Waals surface area contributed by atoms with Crippen molar-refractivity contribution >= 4 is 24.2 Å². The van der Waals surface area contributed by atoms with Crippen LogP contribution in [0.25, 0.3) is 0 Å². The fraction of sp³-hybridized carbons (Fsp3) is 0.857. The summed E-state index contributed by atoms with van der Waals surface area (Å²) in [5, 5.41) is 0. The Kier molecular flexibility index (Phi) is 9.59. The minimum absolute atomic E-state index is 0. The van der Waals surface area contributed by atoms with Crippen molar-refractivity contribution in [2.75, 3.05) is 60.7 Å². The Morgan fingerprint density at radius 3 is 2.32 bits per heavy atom. The van der Waals surface area contributed by atoms with Gasteiger partial charge in [-0.25, -0.2) is 0 Å². The summed E-state index contributed by atoms with van der Waals surface area (Å²) in [6, 6.07) is 0. The fourth-order valence-corrected chi connectivity index (χ4v) is 2.36. The number of nitrogens with zero attached hydrogens (tertiary/aromatic N) is 2. The van der Waals surface area contributed by atoms with Crippen molar-refractivity contribution in [2.45, 2.75) is 12.8 Å². The average molecular weight is 338 g/mol. The van der Waals surface area contributed by atoms with Crippen molar-refractivity contribution in [1.82, 2.24) is 9.80 Å². The number of halogens is 1. The predicted molar refractivity (Wildman–Crippen MR) is 85.9 cm³/mol. The summed E-state index contributed by atoms with van der Waals surface area (Å²) < 4.78 is 10.4. The number of ether oxygens (including phenoxy) is 2. The molecule has 22 heavy (non-hydrogen) atoms. The highest BCUT2D eigenvalue weighted by Crippen LogP contribution is 2.31. The van der Waals surface area contributed by atoms with E-state index in [2.05, 4.69) is 0 Å². The van der Waals surface area contributed by atoms with Gasteiger partial charge in [0, 0.05) is 47.5 Å². The Labute approximate surface area is 138 Å². The Morgan fingerprint density at radius 2 is 1.86 bits per heavy atom. The first kappa shape index (κ1) is 21.1. The summed E-state index contributed by atoms with van der Waals surface area (Å²) in [4.78, 5) is 27.8. The summed E-state index contributed by atoms with van der Waals surface area (Å²) in [7, 11) is 4.92. The molecule has 1 aliphatic heterocycles. The molecule has 0 aromatic heterocycles. The second kappa shape index (κ2) is 9.99. The number of hydrogen-bond donors (Lipinski definition) is 1. The molecule has 0 unspecified atom stereocenters. The molecule has 0 bridgehead atoms. The predicted octanol–water partition coefficient (Wildman–Crippen LogP) is -0.273. The zero-order valence-corrected chi connectivity index (χ0v) is 14.5. The lowest BCUT2D eigenvalue weighted by molar-refractivity contribution is -0.151. The molecule has 1 aliphatic rings. The lowest BCUT2D eigenvalue weighted by atomic mass is 9.79. The van der Waals surface area contributed by atoms with Gasteiger partial charge in [-0.15, -0.1) is 12.4 Å². The van der Waals surface area contributed by atoms with E-state index in [0.717, 1.165) is 0 Å². The lowest BCUT2D eigenvalue weighted by Gasteiger charge is -2.38. The van der Waals surface area contributed by atoms with Crippen molar-refractivity contribution in [1.29, 1.82) is 0 Å². The molecule has 1 saturated heterocycles. The van der Waals surface area contributed by atoms with Gasteiger partial charge in [0.05, 0.1) is 18.6 Å². The highest BCUT2D eigenvalue weighted by Gasteiger charge is 2.41. The molecular weight excluding hydrogens is 310 g/mol. The van der Waals surface area contributed by atoms with Gasteiger partial charge in [0.1, 0.15) is 0 Å². The van der Waals surface area contributed by atoms with Crippen LogP contribution in [0.1, 0.15) is 12.8 Å². The van der Waals surface area contributed by atoms with E-state index in [1.807, 2.05) is 0 Å². The van der Waals surface area contributed by atoms with Crippen molar-refractivity contribution in [3.05, 3.63) is 0 Å². The molecular formula is C14H28ClN3O4. The first-order chi connectivity index (χ1) is 9.96. The third-order valence-electron chi connectivity index (χ3n) is 3.97. The zero-order valence-electron chi connectivity index (χ0n) is 13.7. The molecule has 0 radical (unpaired) electrons. The first-order valence-corrected chi connectivity index (χ1v) is 7.23. The Hall–Kier alpha value is -0.890. The van der Waals surface area contributed by atoms with Gasteiger partial charge in [-0.3, -0.25) is 9.59 Å². The maximum absolute atomic E-state index is 12.9. The molecule has 1 heterocycles. The zero-order chi connectivity index (χ0) is 15.9. The van der Waals surface area contributed by atoms with Crippen LogP contribution < -0.4 is 5.73 Å². The van der Waals surface area contributed by atoms with Crippen LogP contribution in [0.15, 0.2) is 0 Å². The van der Waals surface area contributed by atoms with Crippen LogP contribution in [0.3, 0.4) is 0 Å². The topological polar surface area (TPSA) is 85.1 Å². The van der Waals surface area contributed by atoms with E-state index in [1.54, 1.807) is 26.1 Å². The van der Waals surface area contributed by atoms with Crippen LogP contribution in [-0.4, -0.2) is 82.3 Å². The molecule has 130 valence electrons. The molecule has 0 aromatic carbocycles. The van der Waals surface area contributed by atoms with E-state index >= 15 is 0 Å². The third kappa shape index (κ3) is 5.39. The van der Waals surface area contributed by atoms with Crippen molar-refractivity contribution in [3.63, 3.8) is 0 Å². The van der Waals surface area contributed by atoms with Crippen molar-refractivity contribution in [2.24, 2.45) is 11.1 Å². The standard InChI is InChI=1S/C14H27N3O4.ClH/c1-16(2)12(18)10-17(6-9-20-3)13(19)14(11-15)4-7-21-8-5-14;/h4-11,15H2,1-3H3;1H. The van der Waals surface area contributed by atoms with E-state index in [-0.39, 0.29) is 37.3 Å². The van der Waals surface area contributed by atoms with Crippen molar-refractivity contribution in [3.8, 4) is 0 Å². The van der Waals surface area contributed by atoms with E-state index in [4.69, 9.17) is 15.2 Å². The molecule has 0 aliphatic carbocycles. The van der Waals surface area contributed by atoms with Crippen LogP contribution in [-0.2, 0) is 19.1 Å². The third-order valence-corrected chi connectivity index (χ3v) is 3.97. The summed E-state index contributed by atoms with van der Waals surface area (Å²) >= 11 is 0. The first-order valence-electron chi connectivity index (χ1n) is 7.23. The summed E-state index contributed by atoms with van der Waals surface area (Å²) in [6.07, 6.45) is 1.20. The van der Waals surface area contributed by atoms with Gasteiger partial charge in [0.2, 0.25) is 11.8 Å². The largest absolute Gasteiger partial charge is 0.383 e. The van der Waals surface area contributed by atoms with Crippen LogP contribution in [0, 0.1) is 5.41 Å². The minimum Gasteiger partial charge on any atom is -0.383 e. The van der Waals surface area contributed by atoms with E-state index < -0.39 is 5.41 Å². The second-order valence-corrected chi connectivity index (χ2v) is 5.60. The van der Waals surface area contributed by atoms with E-state index in [9.17, 15) is 9.59 Å². The molecule has 2 N–H and O–H groups in total. The van der Waals surface area contributed by atoms with Crippen LogP contribution >= 0.6 is 12.4 Å².